The molecule has 54 valence electrons. The van der Waals surface area contributed by atoms with Gasteiger partial charge in [-0.15, -0.1) is 0 Å². The standard InChI is InChI=1S/C6H6BrNO2/c7-4-1-6(10-3-4)5(9)2-8/h1,3H,2,8H2. The van der Waals surface area contributed by atoms with Gasteiger partial charge in [-0.1, -0.05) is 0 Å². The fourth-order valence-corrected chi connectivity index (χ4v) is 0.861. The van der Waals surface area contributed by atoms with E-state index < -0.39 is 0 Å². The number of hydrogen-bond donors (Lipinski definition) is 1. The van der Waals surface area contributed by atoms with Gasteiger partial charge in [-0.3, -0.25) is 4.79 Å². The molecule has 10 heavy (non-hydrogen) atoms. The Bertz CT molecular complexity index is 244. The number of carbonyl (C=O) groups excluding carboxylic acids is 1. The Morgan fingerprint density at radius 1 is 1.80 bits per heavy atom. The number of furan rings is 1. The predicted octanol–water partition coefficient (Wildman–Crippen LogP) is 1.18. The molecule has 0 aromatic carbocycles. The minimum atomic E-state index is -0.189. The third-order valence-electron chi connectivity index (χ3n) is 1.03. The minimum Gasteiger partial charge on any atom is -0.460 e. The van der Waals surface area contributed by atoms with Crippen LogP contribution < -0.4 is 5.73 Å². The molecule has 0 saturated carbocycles. The van der Waals surface area contributed by atoms with Gasteiger partial charge >= 0.3 is 0 Å². The molecule has 0 radical (unpaired) electrons. The second-order valence-electron chi connectivity index (χ2n) is 1.76. The Morgan fingerprint density at radius 2 is 2.50 bits per heavy atom. The summed E-state index contributed by atoms with van der Waals surface area (Å²) in [5, 5.41) is 0. The smallest absolute Gasteiger partial charge is 0.211 e. The van der Waals surface area contributed by atoms with Gasteiger partial charge in [-0.05, 0) is 15.9 Å². The number of ketones is 1. The average Bonchev–Trinajstić information content (AvgIpc) is 2.34. The van der Waals surface area contributed by atoms with Crippen molar-refractivity contribution in [2.75, 3.05) is 6.54 Å². The third-order valence-corrected chi connectivity index (χ3v) is 1.44. The molecule has 0 bridgehead atoms. The molecule has 0 aliphatic rings. The van der Waals surface area contributed by atoms with E-state index in [1.165, 1.54) is 6.26 Å². The molecule has 1 rings (SSSR count). The van der Waals surface area contributed by atoms with E-state index in [1.54, 1.807) is 6.07 Å². The van der Waals surface area contributed by atoms with Gasteiger partial charge in [0.1, 0.15) is 6.26 Å². The van der Waals surface area contributed by atoms with Crippen molar-refractivity contribution in [3.05, 3.63) is 22.6 Å². The molecule has 0 atom stereocenters. The van der Waals surface area contributed by atoms with Crippen molar-refractivity contribution >= 4 is 21.7 Å². The summed E-state index contributed by atoms with van der Waals surface area (Å²) in [6.07, 6.45) is 1.45. The van der Waals surface area contributed by atoms with Crippen molar-refractivity contribution in [3.8, 4) is 0 Å². The lowest BCUT2D eigenvalue weighted by Gasteiger charge is -1.86. The highest BCUT2D eigenvalue weighted by Crippen LogP contribution is 2.13. The lowest BCUT2D eigenvalue weighted by Crippen LogP contribution is -2.12. The van der Waals surface area contributed by atoms with Gasteiger partial charge in [0.2, 0.25) is 5.78 Å². The first-order chi connectivity index (χ1) is 4.74. The molecule has 1 heterocycles. The Kier molecular flexibility index (Phi) is 2.24. The highest BCUT2D eigenvalue weighted by molar-refractivity contribution is 9.10. The molecule has 4 heteroatoms. The second kappa shape index (κ2) is 2.98. The van der Waals surface area contributed by atoms with Crippen LogP contribution in [0.3, 0.4) is 0 Å². The minimum absolute atomic E-state index is 0.0139. The van der Waals surface area contributed by atoms with E-state index in [1.807, 2.05) is 0 Å². The van der Waals surface area contributed by atoms with Gasteiger partial charge in [0.15, 0.2) is 5.76 Å². The van der Waals surface area contributed by atoms with Crippen LogP contribution >= 0.6 is 15.9 Å². The van der Waals surface area contributed by atoms with Gasteiger partial charge in [-0.25, -0.2) is 0 Å². The summed E-state index contributed by atoms with van der Waals surface area (Å²) in [6.45, 7) is -0.0139. The highest BCUT2D eigenvalue weighted by Gasteiger charge is 2.06. The quantitative estimate of drug-likeness (QED) is 0.736. The van der Waals surface area contributed by atoms with Crippen LogP contribution in [0.2, 0.25) is 0 Å². The van der Waals surface area contributed by atoms with Crippen LogP contribution in [0.4, 0.5) is 0 Å². The SMILES string of the molecule is NCC(=O)c1cc(Br)co1. The maximum Gasteiger partial charge on any atom is 0.211 e. The van der Waals surface area contributed by atoms with E-state index in [0.717, 1.165) is 4.47 Å². The summed E-state index contributed by atoms with van der Waals surface area (Å²) in [6, 6.07) is 1.59. The normalized spacial score (nSPS) is 9.80. The van der Waals surface area contributed by atoms with Crippen molar-refractivity contribution < 1.29 is 9.21 Å². The van der Waals surface area contributed by atoms with Crippen molar-refractivity contribution in [1.29, 1.82) is 0 Å². The van der Waals surface area contributed by atoms with E-state index in [-0.39, 0.29) is 12.3 Å². The molecule has 0 amide bonds. The van der Waals surface area contributed by atoms with E-state index in [0.29, 0.717) is 5.76 Å². The molecule has 0 unspecified atom stereocenters. The van der Waals surface area contributed by atoms with Gasteiger partial charge in [0, 0.05) is 6.07 Å². The summed E-state index contributed by atoms with van der Waals surface area (Å²) in [4.78, 5) is 10.8. The predicted molar refractivity (Wildman–Crippen MR) is 39.8 cm³/mol. The topological polar surface area (TPSA) is 56.2 Å². The summed E-state index contributed by atoms with van der Waals surface area (Å²) in [5.74, 6) is 0.111. The molecule has 3 nitrogen and oxygen atoms in total. The van der Waals surface area contributed by atoms with Gasteiger partial charge in [-0.2, -0.15) is 0 Å². The molecule has 1 aromatic heterocycles. The Hall–Kier alpha value is -0.610. The zero-order valence-corrected chi connectivity index (χ0v) is 6.72. The summed E-state index contributed by atoms with van der Waals surface area (Å²) >= 11 is 3.14. The molecule has 2 N–H and O–H groups in total. The molecule has 0 aliphatic carbocycles. The Balaban J connectivity index is 2.85. The molecular formula is C6H6BrNO2. The highest BCUT2D eigenvalue weighted by atomic mass is 79.9. The van der Waals surface area contributed by atoms with Gasteiger partial charge in [0.25, 0.3) is 0 Å². The van der Waals surface area contributed by atoms with Crippen molar-refractivity contribution in [2.45, 2.75) is 0 Å². The maximum absolute atomic E-state index is 10.8. The van der Waals surface area contributed by atoms with Crippen LogP contribution in [-0.4, -0.2) is 12.3 Å². The van der Waals surface area contributed by atoms with Crippen molar-refractivity contribution in [2.24, 2.45) is 5.73 Å². The Labute approximate surface area is 66.3 Å². The van der Waals surface area contributed by atoms with Crippen LogP contribution in [-0.2, 0) is 0 Å². The number of rotatable bonds is 2. The molecular weight excluding hydrogens is 198 g/mol. The van der Waals surface area contributed by atoms with Crippen molar-refractivity contribution in [3.63, 3.8) is 0 Å². The lowest BCUT2D eigenvalue weighted by atomic mass is 10.3. The molecule has 0 spiro atoms. The third kappa shape index (κ3) is 1.46. The number of halogens is 1. The molecule has 0 saturated heterocycles. The molecule has 1 aromatic rings. The second-order valence-corrected chi connectivity index (χ2v) is 2.67. The van der Waals surface area contributed by atoms with E-state index in [9.17, 15) is 4.79 Å². The zero-order valence-electron chi connectivity index (χ0n) is 5.13. The first-order valence-electron chi connectivity index (χ1n) is 2.71. The van der Waals surface area contributed by atoms with Crippen molar-refractivity contribution in [1.82, 2.24) is 0 Å². The number of nitrogens with two attached hydrogens (primary N) is 1. The lowest BCUT2D eigenvalue weighted by molar-refractivity contribution is 0.0975. The van der Waals surface area contributed by atoms with Crippen LogP contribution in [0, 0.1) is 0 Å². The fraction of sp³-hybridized carbons (Fsp3) is 0.167. The average molecular weight is 204 g/mol. The van der Waals surface area contributed by atoms with E-state index >= 15 is 0 Å². The van der Waals surface area contributed by atoms with Crippen LogP contribution in [0.15, 0.2) is 21.2 Å². The molecule has 0 aliphatic heterocycles. The maximum atomic E-state index is 10.8. The fourth-order valence-electron chi connectivity index (χ4n) is 0.560. The zero-order chi connectivity index (χ0) is 7.56. The summed E-state index contributed by atoms with van der Waals surface area (Å²) in [5.41, 5.74) is 5.09. The van der Waals surface area contributed by atoms with E-state index in [4.69, 9.17) is 10.2 Å². The first kappa shape index (κ1) is 7.50. The molecule has 0 fully saturated rings. The largest absolute Gasteiger partial charge is 0.460 e. The monoisotopic (exact) mass is 203 g/mol. The summed E-state index contributed by atoms with van der Waals surface area (Å²) < 4.78 is 5.59. The van der Waals surface area contributed by atoms with Gasteiger partial charge < -0.3 is 10.2 Å². The Morgan fingerprint density at radius 3 is 2.90 bits per heavy atom. The van der Waals surface area contributed by atoms with Crippen LogP contribution in [0.25, 0.3) is 0 Å². The van der Waals surface area contributed by atoms with Crippen LogP contribution in [0.1, 0.15) is 10.6 Å². The van der Waals surface area contributed by atoms with Crippen LogP contribution in [0.5, 0.6) is 0 Å². The number of carbonyl (C=O) groups is 1. The number of Topliss-reactive ketones (excluding diaryl/α,β-unsaturated/α-hetero) is 1. The van der Waals surface area contributed by atoms with E-state index in [2.05, 4.69) is 15.9 Å². The summed E-state index contributed by atoms with van der Waals surface area (Å²) in [7, 11) is 0. The van der Waals surface area contributed by atoms with Gasteiger partial charge in [0.05, 0.1) is 11.0 Å². The first-order valence-corrected chi connectivity index (χ1v) is 3.50. The number of hydrogen-bond acceptors (Lipinski definition) is 3.